The summed E-state index contributed by atoms with van der Waals surface area (Å²) >= 11 is 0. The van der Waals surface area contributed by atoms with Gasteiger partial charge in [0, 0.05) is 0 Å². The van der Waals surface area contributed by atoms with E-state index in [1.54, 1.807) is 0 Å². The van der Waals surface area contributed by atoms with Crippen LogP contribution in [0, 0.1) is 11.8 Å². The minimum absolute atomic E-state index is 0.663. The van der Waals surface area contributed by atoms with Gasteiger partial charge in [-0.05, 0) is 85.0 Å². The predicted octanol–water partition coefficient (Wildman–Crippen LogP) is 9.64. The molecule has 0 spiro atoms. The van der Waals surface area contributed by atoms with Crippen LogP contribution in [0.2, 0.25) is 0 Å². The molecule has 0 fully saturated rings. The van der Waals surface area contributed by atoms with Crippen LogP contribution in [0.4, 0.5) is 0 Å². The lowest BCUT2D eigenvalue weighted by Crippen LogP contribution is -1.88. The van der Waals surface area contributed by atoms with Crippen LogP contribution < -0.4 is 0 Å². The fourth-order valence-corrected chi connectivity index (χ4v) is 1.92. The second kappa shape index (κ2) is 22.5. The first kappa shape index (κ1) is 30.2. The van der Waals surface area contributed by atoms with Crippen LogP contribution in [0.25, 0.3) is 0 Å². The highest BCUT2D eigenvalue weighted by Crippen LogP contribution is 2.11. The van der Waals surface area contributed by atoms with Gasteiger partial charge in [0.05, 0.1) is 0 Å². The predicted molar refractivity (Wildman–Crippen MR) is 130 cm³/mol. The molecule has 156 valence electrons. The van der Waals surface area contributed by atoms with Gasteiger partial charge in [-0.15, -0.1) is 26.3 Å². The van der Waals surface area contributed by atoms with E-state index in [1.165, 1.54) is 42.4 Å². The number of hydrogen-bond acceptors (Lipinski definition) is 0. The third-order valence-electron chi connectivity index (χ3n) is 3.94. The quantitative estimate of drug-likeness (QED) is 0.317. The average Bonchev–Trinajstić information content (AvgIpc) is 2.60. The molecule has 0 bridgehead atoms. The second-order valence-corrected chi connectivity index (χ2v) is 7.94. The summed E-state index contributed by atoms with van der Waals surface area (Å²) in [5.74, 6) is 1.33. The van der Waals surface area contributed by atoms with Gasteiger partial charge in [-0.25, -0.2) is 0 Å². The zero-order valence-electron chi connectivity index (χ0n) is 19.6. The molecule has 0 aromatic rings. The normalized spacial score (nSPS) is 11.2. The molecule has 0 radical (unpaired) electrons. The molecule has 0 aromatic heterocycles. The Morgan fingerprint density at radius 3 is 1.59 bits per heavy atom. The molecular formula is C27H48. The summed E-state index contributed by atoms with van der Waals surface area (Å²) < 4.78 is 0. The summed E-state index contributed by atoms with van der Waals surface area (Å²) in [6.07, 6.45) is 17.4. The van der Waals surface area contributed by atoms with Gasteiger partial charge in [-0.1, -0.05) is 60.9 Å². The standard InChI is InChI=1S/2C10H18.C7H12/c2*1-5-10(4)8-6-7-9(2)3;1-4-5-6-7(2)3/h5,7,10H,1,6,8H2,2-4H3;5,10H,1-2,6-8H2,3-4H3;4,6H,1,5H2,2-3H3. The van der Waals surface area contributed by atoms with E-state index in [0.29, 0.717) is 11.8 Å². The molecule has 2 unspecified atom stereocenters. The zero-order chi connectivity index (χ0) is 21.7. The van der Waals surface area contributed by atoms with Crippen LogP contribution in [-0.4, -0.2) is 0 Å². The molecule has 0 nitrogen and oxygen atoms in total. The van der Waals surface area contributed by atoms with Crippen molar-refractivity contribution in [3.05, 3.63) is 73.4 Å². The summed E-state index contributed by atoms with van der Waals surface area (Å²) in [6.45, 7) is 29.8. The summed E-state index contributed by atoms with van der Waals surface area (Å²) in [5, 5.41) is 0. The van der Waals surface area contributed by atoms with Crippen molar-refractivity contribution in [1.29, 1.82) is 0 Å². The third-order valence-corrected chi connectivity index (χ3v) is 3.94. The summed E-state index contributed by atoms with van der Waals surface area (Å²) in [7, 11) is 0. The number of allylic oxidation sites excluding steroid dienone is 8. The second-order valence-electron chi connectivity index (χ2n) is 7.94. The molecule has 0 saturated carbocycles. The average molecular weight is 373 g/mol. The Balaban J connectivity index is -0.000000326. The smallest absolute Gasteiger partial charge is 0.0169 e. The van der Waals surface area contributed by atoms with E-state index in [4.69, 9.17) is 0 Å². The molecule has 0 aliphatic heterocycles. The first-order chi connectivity index (χ1) is 12.6. The minimum Gasteiger partial charge on any atom is -0.103 e. The van der Waals surface area contributed by atoms with E-state index in [-0.39, 0.29) is 0 Å². The highest BCUT2D eigenvalue weighted by atomic mass is 14.0. The van der Waals surface area contributed by atoms with Crippen molar-refractivity contribution in [3.63, 3.8) is 0 Å². The Morgan fingerprint density at radius 2 is 1.26 bits per heavy atom. The van der Waals surface area contributed by atoms with E-state index in [2.05, 4.69) is 86.9 Å². The molecule has 0 N–H and O–H groups in total. The van der Waals surface area contributed by atoms with Crippen molar-refractivity contribution in [3.8, 4) is 0 Å². The molecule has 0 saturated heterocycles. The Labute approximate surface area is 172 Å². The first-order valence-electron chi connectivity index (χ1n) is 10.4. The van der Waals surface area contributed by atoms with Crippen molar-refractivity contribution in [2.24, 2.45) is 11.8 Å². The maximum absolute atomic E-state index is 3.85. The molecule has 0 aliphatic rings. The van der Waals surface area contributed by atoms with Crippen LogP contribution >= 0.6 is 0 Å². The molecule has 0 heterocycles. The van der Waals surface area contributed by atoms with Gasteiger partial charge in [0.1, 0.15) is 0 Å². The summed E-state index contributed by atoms with van der Waals surface area (Å²) in [5.41, 5.74) is 4.06. The van der Waals surface area contributed by atoms with Crippen molar-refractivity contribution in [2.75, 3.05) is 0 Å². The van der Waals surface area contributed by atoms with Gasteiger partial charge in [-0.2, -0.15) is 0 Å². The molecule has 27 heavy (non-hydrogen) atoms. The van der Waals surface area contributed by atoms with Crippen LogP contribution in [0.15, 0.2) is 73.4 Å². The van der Waals surface area contributed by atoms with Gasteiger partial charge in [0.15, 0.2) is 0 Å². The maximum Gasteiger partial charge on any atom is -0.0169 e. The molecule has 0 aliphatic carbocycles. The molecule has 0 heteroatoms. The highest BCUT2D eigenvalue weighted by Gasteiger charge is 1.95. The fourth-order valence-electron chi connectivity index (χ4n) is 1.92. The highest BCUT2D eigenvalue weighted by molar-refractivity contribution is 4.96. The summed E-state index contributed by atoms with van der Waals surface area (Å²) in [4.78, 5) is 0. The van der Waals surface area contributed by atoms with E-state index < -0.39 is 0 Å². The molecule has 2 atom stereocenters. The lowest BCUT2D eigenvalue weighted by atomic mass is 10.0. The Bertz CT molecular complexity index is 437. The van der Waals surface area contributed by atoms with E-state index in [1.807, 2.05) is 18.2 Å². The SMILES string of the molecule is C=CC(C)CCC=C(C)C.C=CC(C)CCCC(=C)C.C=CCC=C(C)C. The van der Waals surface area contributed by atoms with Crippen LogP contribution in [-0.2, 0) is 0 Å². The maximum atomic E-state index is 3.85. The van der Waals surface area contributed by atoms with Crippen LogP contribution in [0.3, 0.4) is 0 Å². The number of hydrogen-bond donors (Lipinski definition) is 0. The Morgan fingerprint density at radius 1 is 0.778 bits per heavy atom. The third kappa shape index (κ3) is 36.2. The topological polar surface area (TPSA) is 0 Å². The van der Waals surface area contributed by atoms with Gasteiger partial charge in [-0.3, -0.25) is 0 Å². The minimum atomic E-state index is 0.663. The van der Waals surface area contributed by atoms with Gasteiger partial charge in [0.2, 0.25) is 0 Å². The molecular weight excluding hydrogens is 324 g/mol. The van der Waals surface area contributed by atoms with E-state index in [9.17, 15) is 0 Å². The van der Waals surface area contributed by atoms with Crippen molar-refractivity contribution in [2.45, 2.75) is 87.0 Å². The first-order valence-corrected chi connectivity index (χ1v) is 10.4. The van der Waals surface area contributed by atoms with Gasteiger partial charge < -0.3 is 0 Å². The van der Waals surface area contributed by atoms with Crippen LogP contribution in [0.5, 0.6) is 0 Å². The van der Waals surface area contributed by atoms with E-state index in [0.717, 1.165) is 12.8 Å². The van der Waals surface area contributed by atoms with Crippen LogP contribution in [0.1, 0.15) is 87.0 Å². The zero-order valence-corrected chi connectivity index (χ0v) is 19.6. The Kier molecular flexibility index (Phi) is 25.1. The lowest BCUT2D eigenvalue weighted by molar-refractivity contribution is 0.606. The number of rotatable bonds is 11. The molecule has 0 rings (SSSR count). The van der Waals surface area contributed by atoms with Crippen molar-refractivity contribution >= 4 is 0 Å². The molecule has 0 aromatic carbocycles. The van der Waals surface area contributed by atoms with Crippen molar-refractivity contribution in [1.82, 2.24) is 0 Å². The monoisotopic (exact) mass is 372 g/mol. The van der Waals surface area contributed by atoms with Gasteiger partial charge in [0.25, 0.3) is 0 Å². The van der Waals surface area contributed by atoms with Gasteiger partial charge >= 0.3 is 0 Å². The fraction of sp³-hybridized carbons (Fsp3) is 0.556. The van der Waals surface area contributed by atoms with E-state index >= 15 is 0 Å². The largest absolute Gasteiger partial charge is 0.103 e. The van der Waals surface area contributed by atoms with Crippen molar-refractivity contribution < 1.29 is 0 Å². The molecule has 0 amide bonds. The Hall–Kier alpha value is -1.56. The summed E-state index contributed by atoms with van der Waals surface area (Å²) in [6, 6.07) is 0. The lowest BCUT2D eigenvalue weighted by Gasteiger charge is -2.03.